The standard InChI is InChI=1S/C16H23ClN2O.ClH/c1-18-9-10-19-15(20)16(7-2-3-8-16)12-13-5-4-6-14(17)11-13;/h4-6,11,18H,2-3,7-10,12H2,1H3,(H,19,20);1H. The van der Waals surface area contributed by atoms with E-state index in [1.165, 1.54) is 0 Å². The second kappa shape index (κ2) is 8.62. The summed E-state index contributed by atoms with van der Waals surface area (Å²) in [6.45, 7) is 1.49. The molecule has 1 saturated carbocycles. The van der Waals surface area contributed by atoms with Gasteiger partial charge in [-0.2, -0.15) is 0 Å². The molecule has 5 heteroatoms. The summed E-state index contributed by atoms with van der Waals surface area (Å²) in [6, 6.07) is 7.87. The van der Waals surface area contributed by atoms with E-state index in [4.69, 9.17) is 11.6 Å². The van der Waals surface area contributed by atoms with Crippen LogP contribution in [0.4, 0.5) is 0 Å². The van der Waals surface area contributed by atoms with Crippen LogP contribution in [0.25, 0.3) is 0 Å². The van der Waals surface area contributed by atoms with Gasteiger partial charge in [-0.15, -0.1) is 12.4 Å². The van der Waals surface area contributed by atoms with Crippen LogP contribution in [0.15, 0.2) is 24.3 Å². The number of rotatable bonds is 6. The van der Waals surface area contributed by atoms with Crippen LogP contribution in [-0.2, 0) is 11.2 Å². The Morgan fingerprint density at radius 3 is 2.62 bits per heavy atom. The molecule has 1 aromatic carbocycles. The van der Waals surface area contributed by atoms with Crippen molar-refractivity contribution in [2.24, 2.45) is 5.41 Å². The number of nitrogens with one attached hydrogen (secondary N) is 2. The number of benzene rings is 1. The molecular weight excluding hydrogens is 307 g/mol. The first-order valence-corrected chi connectivity index (χ1v) is 7.71. The van der Waals surface area contributed by atoms with Crippen LogP contribution in [0.2, 0.25) is 5.02 Å². The van der Waals surface area contributed by atoms with E-state index < -0.39 is 0 Å². The largest absolute Gasteiger partial charge is 0.354 e. The molecule has 1 fully saturated rings. The summed E-state index contributed by atoms with van der Waals surface area (Å²) >= 11 is 6.05. The molecule has 1 aliphatic carbocycles. The minimum atomic E-state index is -0.238. The van der Waals surface area contributed by atoms with Crippen LogP contribution in [-0.4, -0.2) is 26.0 Å². The topological polar surface area (TPSA) is 41.1 Å². The van der Waals surface area contributed by atoms with Crippen molar-refractivity contribution in [3.05, 3.63) is 34.9 Å². The zero-order valence-electron chi connectivity index (χ0n) is 12.5. The Morgan fingerprint density at radius 1 is 1.29 bits per heavy atom. The first-order valence-electron chi connectivity index (χ1n) is 7.34. The Hall–Kier alpha value is -0.770. The maximum atomic E-state index is 12.6. The van der Waals surface area contributed by atoms with Crippen molar-refractivity contribution in [2.45, 2.75) is 32.1 Å². The second-order valence-corrected chi connectivity index (χ2v) is 6.09. The van der Waals surface area contributed by atoms with E-state index in [0.29, 0.717) is 6.54 Å². The van der Waals surface area contributed by atoms with Crippen molar-refractivity contribution in [1.29, 1.82) is 0 Å². The lowest BCUT2D eigenvalue weighted by atomic mass is 9.79. The van der Waals surface area contributed by atoms with Gasteiger partial charge in [0.05, 0.1) is 5.41 Å². The molecule has 2 N–H and O–H groups in total. The third-order valence-corrected chi connectivity index (χ3v) is 4.37. The Labute approximate surface area is 138 Å². The highest BCUT2D eigenvalue weighted by molar-refractivity contribution is 6.30. The Morgan fingerprint density at radius 2 is 2.00 bits per heavy atom. The van der Waals surface area contributed by atoms with Crippen LogP contribution >= 0.6 is 24.0 Å². The van der Waals surface area contributed by atoms with Crippen molar-refractivity contribution in [3.63, 3.8) is 0 Å². The molecule has 118 valence electrons. The van der Waals surface area contributed by atoms with E-state index in [1.54, 1.807) is 0 Å². The van der Waals surface area contributed by atoms with Crippen molar-refractivity contribution in [3.8, 4) is 0 Å². The maximum Gasteiger partial charge on any atom is 0.226 e. The van der Waals surface area contributed by atoms with Gasteiger partial charge < -0.3 is 10.6 Å². The van der Waals surface area contributed by atoms with Crippen LogP contribution in [0.1, 0.15) is 31.2 Å². The van der Waals surface area contributed by atoms with Crippen molar-refractivity contribution in [2.75, 3.05) is 20.1 Å². The third kappa shape index (κ3) is 4.87. The summed E-state index contributed by atoms with van der Waals surface area (Å²) in [5, 5.41) is 6.86. The molecule has 1 aliphatic rings. The molecule has 1 amide bonds. The fraction of sp³-hybridized carbons (Fsp3) is 0.562. The fourth-order valence-corrected chi connectivity index (χ4v) is 3.27. The number of hydrogen-bond donors (Lipinski definition) is 2. The van der Waals surface area contributed by atoms with Gasteiger partial charge in [-0.25, -0.2) is 0 Å². The molecule has 3 nitrogen and oxygen atoms in total. The molecule has 0 saturated heterocycles. The Bertz CT molecular complexity index is 459. The van der Waals surface area contributed by atoms with Crippen molar-refractivity contribution >= 4 is 29.9 Å². The van der Waals surface area contributed by atoms with Crippen LogP contribution in [0, 0.1) is 5.41 Å². The molecule has 0 bridgehead atoms. The molecule has 0 atom stereocenters. The van der Waals surface area contributed by atoms with Gasteiger partial charge in [-0.3, -0.25) is 4.79 Å². The summed E-state index contributed by atoms with van der Waals surface area (Å²) in [7, 11) is 1.89. The average molecular weight is 331 g/mol. The van der Waals surface area contributed by atoms with E-state index in [-0.39, 0.29) is 23.7 Å². The lowest BCUT2D eigenvalue weighted by molar-refractivity contribution is -0.130. The van der Waals surface area contributed by atoms with Gasteiger partial charge in [0.2, 0.25) is 5.91 Å². The smallest absolute Gasteiger partial charge is 0.226 e. The molecule has 0 aromatic heterocycles. The van der Waals surface area contributed by atoms with E-state index in [9.17, 15) is 4.79 Å². The Kier molecular flexibility index (Phi) is 7.50. The number of amides is 1. The van der Waals surface area contributed by atoms with E-state index in [2.05, 4.69) is 16.7 Å². The lowest BCUT2D eigenvalue weighted by Crippen LogP contribution is -2.42. The summed E-state index contributed by atoms with van der Waals surface area (Å²) in [6.07, 6.45) is 5.02. The highest BCUT2D eigenvalue weighted by atomic mass is 35.5. The number of likely N-dealkylation sites (N-methyl/N-ethyl adjacent to an activating group) is 1. The first-order chi connectivity index (χ1) is 9.66. The van der Waals surface area contributed by atoms with Gasteiger partial charge in [-0.05, 0) is 44.0 Å². The van der Waals surface area contributed by atoms with Gasteiger partial charge in [0.25, 0.3) is 0 Å². The molecule has 0 heterocycles. The normalized spacial score (nSPS) is 16.3. The minimum absolute atomic E-state index is 0. The predicted octanol–water partition coefficient (Wildman–Crippen LogP) is 3.20. The second-order valence-electron chi connectivity index (χ2n) is 5.65. The number of halogens is 2. The van der Waals surface area contributed by atoms with E-state index in [0.717, 1.165) is 49.2 Å². The summed E-state index contributed by atoms with van der Waals surface area (Å²) < 4.78 is 0. The molecule has 0 spiro atoms. The summed E-state index contributed by atoms with van der Waals surface area (Å²) in [5.41, 5.74) is 0.918. The summed E-state index contributed by atoms with van der Waals surface area (Å²) in [4.78, 5) is 12.6. The number of carbonyl (C=O) groups is 1. The average Bonchev–Trinajstić information content (AvgIpc) is 2.89. The third-order valence-electron chi connectivity index (χ3n) is 4.13. The van der Waals surface area contributed by atoms with E-state index in [1.807, 2.05) is 25.2 Å². The lowest BCUT2D eigenvalue weighted by Gasteiger charge is -2.28. The monoisotopic (exact) mass is 330 g/mol. The summed E-state index contributed by atoms with van der Waals surface area (Å²) in [5.74, 6) is 0.199. The fourth-order valence-electron chi connectivity index (χ4n) is 3.06. The SMILES string of the molecule is CNCCNC(=O)C1(Cc2cccc(Cl)c2)CCCC1.Cl. The van der Waals surface area contributed by atoms with Crippen LogP contribution in [0.5, 0.6) is 0 Å². The molecule has 0 radical (unpaired) electrons. The molecule has 0 aliphatic heterocycles. The van der Waals surface area contributed by atoms with Crippen LogP contribution < -0.4 is 10.6 Å². The van der Waals surface area contributed by atoms with Gasteiger partial charge >= 0.3 is 0 Å². The quantitative estimate of drug-likeness (QED) is 0.786. The van der Waals surface area contributed by atoms with E-state index >= 15 is 0 Å². The molecule has 21 heavy (non-hydrogen) atoms. The van der Waals surface area contributed by atoms with Gasteiger partial charge in [-0.1, -0.05) is 36.6 Å². The Balaban J connectivity index is 0.00000220. The maximum absolute atomic E-state index is 12.6. The number of hydrogen-bond acceptors (Lipinski definition) is 2. The number of carbonyl (C=O) groups excluding carboxylic acids is 1. The van der Waals surface area contributed by atoms with Crippen LogP contribution in [0.3, 0.4) is 0 Å². The van der Waals surface area contributed by atoms with Gasteiger partial charge in [0, 0.05) is 18.1 Å². The molecule has 0 unspecified atom stereocenters. The molecule has 2 rings (SSSR count). The predicted molar refractivity (Wildman–Crippen MR) is 90.2 cm³/mol. The van der Waals surface area contributed by atoms with Gasteiger partial charge in [0.1, 0.15) is 0 Å². The zero-order valence-corrected chi connectivity index (χ0v) is 14.0. The molecular formula is C16H24Cl2N2O. The van der Waals surface area contributed by atoms with Crippen molar-refractivity contribution in [1.82, 2.24) is 10.6 Å². The highest BCUT2D eigenvalue weighted by Crippen LogP contribution is 2.41. The zero-order chi connectivity index (χ0) is 14.4. The van der Waals surface area contributed by atoms with Crippen molar-refractivity contribution < 1.29 is 4.79 Å². The minimum Gasteiger partial charge on any atom is -0.354 e. The highest BCUT2D eigenvalue weighted by Gasteiger charge is 2.40. The first kappa shape index (κ1) is 18.3. The van der Waals surface area contributed by atoms with Gasteiger partial charge in [0.15, 0.2) is 0 Å². The molecule has 1 aromatic rings.